The molecule has 0 spiro atoms. The van der Waals surface area contributed by atoms with E-state index in [1.807, 2.05) is 17.8 Å². The maximum absolute atomic E-state index is 12.7. The smallest absolute Gasteiger partial charge is 0.492 e. The van der Waals surface area contributed by atoms with Crippen molar-refractivity contribution in [2.45, 2.75) is 43.1 Å². The van der Waals surface area contributed by atoms with E-state index in [2.05, 4.69) is 5.10 Å². The van der Waals surface area contributed by atoms with Gasteiger partial charge in [0.2, 0.25) is 0 Å². The first kappa shape index (κ1) is 19.3. The summed E-state index contributed by atoms with van der Waals surface area (Å²) < 4.78 is 68.3. The number of ether oxygens (including phenoxy) is 1. The number of nitrogens with zero attached hydrogens (tertiary/aromatic N) is 2. The fraction of sp³-hybridized carbons (Fsp3) is 0.438. The van der Waals surface area contributed by atoms with Crippen molar-refractivity contribution >= 4 is 9.84 Å². The SMILES string of the molecule is Cc1cnn(CCCCCOc2ccccc2S(=O)(=O)C(F)(F)F)c1. The summed E-state index contributed by atoms with van der Waals surface area (Å²) in [6, 6.07) is 4.80. The van der Waals surface area contributed by atoms with Crippen molar-refractivity contribution in [1.82, 2.24) is 9.78 Å². The van der Waals surface area contributed by atoms with Crippen LogP contribution in [0, 0.1) is 6.92 Å². The second kappa shape index (κ2) is 7.90. The molecule has 0 fully saturated rings. The third-order valence-electron chi connectivity index (χ3n) is 3.49. The average molecular weight is 376 g/mol. The lowest BCUT2D eigenvalue weighted by molar-refractivity contribution is -0.0437. The Morgan fingerprint density at radius 3 is 2.52 bits per heavy atom. The molecule has 138 valence electrons. The van der Waals surface area contributed by atoms with Gasteiger partial charge in [0.25, 0.3) is 9.84 Å². The van der Waals surface area contributed by atoms with E-state index in [4.69, 9.17) is 4.74 Å². The fourth-order valence-corrected chi connectivity index (χ4v) is 3.14. The van der Waals surface area contributed by atoms with Crippen molar-refractivity contribution in [2.75, 3.05) is 6.61 Å². The summed E-state index contributed by atoms with van der Waals surface area (Å²) in [5.41, 5.74) is -4.28. The van der Waals surface area contributed by atoms with E-state index in [1.54, 1.807) is 6.20 Å². The zero-order valence-electron chi connectivity index (χ0n) is 13.7. The third-order valence-corrected chi connectivity index (χ3v) is 5.02. The highest BCUT2D eigenvalue weighted by Crippen LogP contribution is 2.35. The molecule has 0 unspecified atom stereocenters. The normalized spacial score (nSPS) is 12.3. The number of aryl methyl sites for hydroxylation is 2. The number of sulfone groups is 1. The van der Waals surface area contributed by atoms with Crippen molar-refractivity contribution < 1.29 is 26.3 Å². The van der Waals surface area contributed by atoms with E-state index in [0.29, 0.717) is 6.42 Å². The number of hydrogen-bond donors (Lipinski definition) is 0. The van der Waals surface area contributed by atoms with E-state index >= 15 is 0 Å². The molecule has 1 aromatic heterocycles. The lowest BCUT2D eigenvalue weighted by Crippen LogP contribution is -2.24. The minimum Gasteiger partial charge on any atom is -0.492 e. The standard InChI is InChI=1S/C16H19F3N2O3S/c1-13-11-20-21(12-13)9-5-2-6-10-24-14-7-3-4-8-15(14)25(22,23)16(17,18)19/h3-4,7-8,11-12H,2,5-6,9-10H2,1H3. The molecule has 0 saturated heterocycles. The molecule has 0 radical (unpaired) electrons. The number of aromatic nitrogens is 2. The first-order valence-corrected chi connectivity index (χ1v) is 9.22. The molecule has 0 aliphatic heterocycles. The topological polar surface area (TPSA) is 61.2 Å². The third kappa shape index (κ3) is 4.97. The Morgan fingerprint density at radius 2 is 1.88 bits per heavy atom. The highest BCUT2D eigenvalue weighted by atomic mass is 32.2. The molecule has 0 aliphatic carbocycles. The van der Waals surface area contributed by atoms with Gasteiger partial charge in [-0.2, -0.15) is 18.3 Å². The van der Waals surface area contributed by atoms with Crippen molar-refractivity contribution in [2.24, 2.45) is 0 Å². The van der Waals surface area contributed by atoms with Crippen LogP contribution in [-0.2, 0) is 16.4 Å². The maximum Gasteiger partial charge on any atom is 0.502 e. The number of hydrogen-bond acceptors (Lipinski definition) is 4. The summed E-state index contributed by atoms with van der Waals surface area (Å²) in [5, 5.41) is 4.15. The Kier molecular flexibility index (Phi) is 6.10. The van der Waals surface area contributed by atoms with E-state index in [1.165, 1.54) is 18.2 Å². The largest absolute Gasteiger partial charge is 0.502 e. The molecule has 0 N–H and O–H groups in total. The molecule has 0 saturated carbocycles. The molecular formula is C16H19F3N2O3S. The van der Waals surface area contributed by atoms with Gasteiger partial charge in [-0.1, -0.05) is 12.1 Å². The highest BCUT2D eigenvalue weighted by molar-refractivity contribution is 7.92. The van der Waals surface area contributed by atoms with Gasteiger partial charge in [-0.3, -0.25) is 4.68 Å². The number of halogens is 3. The van der Waals surface area contributed by atoms with Crippen LogP contribution in [0.15, 0.2) is 41.6 Å². The molecule has 0 bridgehead atoms. The number of rotatable bonds is 8. The van der Waals surface area contributed by atoms with E-state index in [0.717, 1.165) is 31.0 Å². The van der Waals surface area contributed by atoms with E-state index < -0.39 is 20.2 Å². The van der Waals surface area contributed by atoms with Gasteiger partial charge in [0.15, 0.2) is 0 Å². The molecule has 5 nitrogen and oxygen atoms in total. The molecule has 2 rings (SSSR count). The van der Waals surface area contributed by atoms with Crippen molar-refractivity contribution in [3.05, 3.63) is 42.2 Å². The predicted octanol–water partition coefficient (Wildman–Crippen LogP) is 3.73. The Hall–Kier alpha value is -2.03. The van der Waals surface area contributed by atoms with Crippen LogP contribution in [0.25, 0.3) is 0 Å². The summed E-state index contributed by atoms with van der Waals surface area (Å²) in [5.74, 6) is -0.275. The Morgan fingerprint density at radius 1 is 1.16 bits per heavy atom. The molecule has 1 aromatic carbocycles. The minimum atomic E-state index is -5.42. The molecule has 1 heterocycles. The fourth-order valence-electron chi connectivity index (χ4n) is 2.24. The average Bonchev–Trinajstić information content (AvgIpc) is 2.95. The van der Waals surface area contributed by atoms with Crippen LogP contribution >= 0.6 is 0 Å². The maximum atomic E-state index is 12.7. The second-order valence-corrected chi connectivity index (χ2v) is 7.50. The van der Waals surface area contributed by atoms with Gasteiger partial charge < -0.3 is 4.74 Å². The van der Waals surface area contributed by atoms with E-state index in [9.17, 15) is 21.6 Å². The van der Waals surface area contributed by atoms with Gasteiger partial charge in [-0.15, -0.1) is 0 Å². The Balaban J connectivity index is 1.85. The van der Waals surface area contributed by atoms with Crippen LogP contribution in [0.2, 0.25) is 0 Å². The lowest BCUT2D eigenvalue weighted by atomic mass is 10.2. The van der Waals surface area contributed by atoms with Crippen molar-refractivity contribution in [1.29, 1.82) is 0 Å². The minimum absolute atomic E-state index is 0.141. The summed E-state index contributed by atoms with van der Waals surface area (Å²) in [6.07, 6.45) is 5.91. The molecule has 25 heavy (non-hydrogen) atoms. The molecule has 9 heteroatoms. The Bertz CT molecular complexity index is 801. The first-order chi connectivity index (χ1) is 11.7. The molecule has 0 aliphatic rings. The van der Waals surface area contributed by atoms with Crippen LogP contribution < -0.4 is 4.74 Å². The van der Waals surface area contributed by atoms with Gasteiger partial charge in [0.05, 0.1) is 12.8 Å². The zero-order chi connectivity index (χ0) is 18.5. The summed E-state index contributed by atoms with van der Waals surface area (Å²) in [6.45, 7) is 2.83. The van der Waals surface area contributed by atoms with Gasteiger partial charge in [0, 0.05) is 12.7 Å². The van der Waals surface area contributed by atoms with Crippen LogP contribution in [0.1, 0.15) is 24.8 Å². The quantitative estimate of drug-likeness (QED) is 0.659. The molecular weight excluding hydrogens is 357 g/mol. The number of para-hydroxylation sites is 1. The summed E-state index contributed by atoms with van der Waals surface area (Å²) >= 11 is 0. The van der Waals surface area contributed by atoms with Gasteiger partial charge in [0.1, 0.15) is 10.6 Å². The monoisotopic (exact) mass is 376 g/mol. The van der Waals surface area contributed by atoms with Gasteiger partial charge in [-0.05, 0) is 43.9 Å². The van der Waals surface area contributed by atoms with Crippen LogP contribution in [0.4, 0.5) is 13.2 Å². The van der Waals surface area contributed by atoms with Crippen molar-refractivity contribution in [3.63, 3.8) is 0 Å². The Labute approximate surface area is 144 Å². The second-order valence-electron chi connectivity index (χ2n) is 5.59. The van der Waals surface area contributed by atoms with E-state index in [-0.39, 0.29) is 12.4 Å². The van der Waals surface area contributed by atoms with Gasteiger partial charge in [-0.25, -0.2) is 8.42 Å². The predicted molar refractivity (Wildman–Crippen MR) is 86.0 cm³/mol. The number of benzene rings is 1. The number of alkyl halides is 3. The number of unbranched alkanes of at least 4 members (excludes halogenated alkanes) is 2. The van der Waals surface area contributed by atoms with Crippen LogP contribution in [-0.4, -0.2) is 30.3 Å². The van der Waals surface area contributed by atoms with Crippen molar-refractivity contribution in [3.8, 4) is 5.75 Å². The molecule has 0 amide bonds. The lowest BCUT2D eigenvalue weighted by Gasteiger charge is -2.13. The summed E-state index contributed by atoms with van der Waals surface area (Å²) in [7, 11) is -5.42. The molecule has 2 aromatic rings. The molecule has 0 atom stereocenters. The zero-order valence-corrected chi connectivity index (χ0v) is 14.5. The van der Waals surface area contributed by atoms with Crippen LogP contribution in [0.5, 0.6) is 5.75 Å². The highest BCUT2D eigenvalue weighted by Gasteiger charge is 2.48. The summed E-state index contributed by atoms with van der Waals surface area (Å²) in [4.78, 5) is -0.852. The first-order valence-electron chi connectivity index (χ1n) is 7.74. The van der Waals surface area contributed by atoms with Gasteiger partial charge >= 0.3 is 5.51 Å². The van der Waals surface area contributed by atoms with Crippen LogP contribution in [0.3, 0.4) is 0 Å².